The van der Waals surface area contributed by atoms with Gasteiger partial charge >= 0.3 is 0 Å². The number of halogens is 1. The van der Waals surface area contributed by atoms with E-state index >= 15 is 0 Å². The maximum absolute atomic E-state index is 14.3. The van der Waals surface area contributed by atoms with Crippen LogP contribution in [0.2, 0.25) is 0 Å². The molecule has 20 heavy (non-hydrogen) atoms. The number of nitrogens with one attached hydrogen (secondary N) is 1. The average Bonchev–Trinajstić information content (AvgIpc) is 2.40. The molecule has 1 aromatic heterocycles. The minimum Gasteiger partial charge on any atom is -0.436 e. The highest BCUT2D eigenvalue weighted by atomic mass is 19.1. The monoisotopic (exact) mass is 274 g/mol. The molecule has 3 nitrogen and oxygen atoms in total. The van der Waals surface area contributed by atoms with Crippen LogP contribution in [0, 0.1) is 12.7 Å². The van der Waals surface area contributed by atoms with Crippen molar-refractivity contribution >= 4 is 0 Å². The zero-order valence-corrected chi connectivity index (χ0v) is 12.0. The molecule has 0 fully saturated rings. The molecule has 0 aliphatic heterocycles. The number of hydrogen-bond acceptors (Lipinski definition) is 3. The molecule has 1 aromatic carbocycles. The lowest BCUT2D eigenvalue weighted by molar-refractivity contribution is 0.416. The number of aromatic nitrogens is 1. The minimum absolute atomic E-state index is 0.0126. The molecule has 4 heteroatoms. The van der Waals surface area contributed by atoms with Crippen LogP contribution in [0.5, 0.6) is 11.6 Å². The van der Waals surface area contributed by atoms with Gasteiger partial charge in [-0.15, -0.1) is 0 Å². The Balaban J connectivity index is 2.18. The van der Waals surface area contributed by atoms with E-state index in [-0.39, 0.29) is 5.88 Å². The largest absolute Gasteiger partial charge is 0.436 e. The second kappa shape index (κ2) is 6.48. The van der Waals surface area contributed by atoms with Crippen molar-refractivity contribution in [2.45, 2.75) is 33.4 Å². The van der Waals surface area contributed by atoms with Crippen LogP contribution in [0.3, 0.4) is 0 Å². The van der Waals surface area contributed by atoms with E-state index in [1.54, 1.807) is 18.3 Å². The van der Waals surface area contributed by atoms with Crippen molar-refractivity contribution in [2.24, 2.45) is 0 Å². The second-order valence-corrected chi connectivity index (χ2v) is 5.04. The van der Waals surface area contributed by atoms with Gasteiger partial charge in [-0.3, -0.25) is 0 Å². The van der Waals surface area contributed by atoms with Gasteiger partial charge in [0.05, 0.1) is 0 Å². The molecule has 1 N–H and O–H groups in total. The third kappa shape index (κ3) is 3.78. The molecular weight excluding hydrogens is 255 g/mol. The average molecular weight is 274 g/mol. The summed E-state index contributed by atoms with van der Waals surface area (Å²) in [5.41, 5.74) is 1.61. The SMILES string of the molecule is Cc1cccc(Oc2nccc(CNC(C)C)c2F)c1. The lowest BCUT2D eigenvalue weighted by Crippen LogP contribution is -2.22. The topological polar surface area (TPSA) is 34.1 Å². The van der Waals surface area contributed by atoms with E-state index in [1.807, 2.05) is 39.0 Å². The molecule has 0 unspecified atom stereocenters. The van der Waals surface area contributed by atoms with Crippen LogP contribution in [0.25, 0.3) is 0 Å². The summed E-state index contributed by atoms with van der Waals surface area (Å²) >= 11 is 0. The second-order valence-electron chi connectivity index (χ2n) is 5.04. The van der Waals surface area contributed by atoms with Gasteiger partial charge in [0.25, 0.3) is 5.88 Å². The minimum atomic E-state index is -0.415. The quantitative estimate of drug-likeness (QED) is 0.900. The third-order valence-corrected chi connectivity index (χ3v) is 2.84. The van der Waals surface area contributed by atoms with Gasteiger partial charge in [-0.2, -0.15) is 0 Å². The lowest BCUT2D eigenvalue weighted by atomic mass is 10.2. The molecule has 106 valence electrons. The summed E-state index contributed by atoms with van der Waals surface area (Å²) in [7, 11) is 0. The first-order valence-electron chi connectivity index (χ1n) is 6.67. The van der Waals surface area contributed by atoms with Crippen LogP contribution >= 0.6 is 0 Å². The Morgan fingerprint density at radius 1 is 1.30 bits per heavy atom. The Morgan fingerprint density at radius 3 is 2.80 bits per heavy atom. The number of benzene rings is 1. The normalized spacial score (nSPS) is 10.8. The van der Waals surface area contributed by atoms with Gasteiger partial charge in [0, 0.05) is 24.3 Å². The van der Waals surface area contributed by atoms with Gasteiger partial charge in [-0.05, 0) is 30.7 Å². The van der Waals surface area contributed by atoms with E-state index in [4.69, 9.17) is 4.74 Å². The highest BCUT2D eigenvalue weighted by Crippen LogP contribution is 2.24. The van der Waals surface area contributed by atoms with Crippen molar-refractivity contribution in [3.05, 3.63) is 53.5 Å². The van der Waals surface area contributed by atoms with Crippen molar-refractivity contribution in [1.29, 1.82) is 0 Å². The van der Waals surface area contributed by atoms with Crippen molar-refractivity contribution < 1.29 is 9.13 Å². The first-order valence-corrected chi connectivity index (χ1v) is 6.67. The van der Waals surface area contributed by atoms with E-state index in [0.717, 1.165) is 5.56 Å². The lowest BCUT2D eigenvalue weighted by Gasteiger charge is -2.11. The summed E-state index contributed by atoms with van der Waals surface area (Å²) in [4.78, 5) is 3.97. The standard InChI is InChI=1S/C16H19FN2O/c1-11(2)19-10-13-7-8-18-16(15(13)17)20-14-6-4-5-12(3)9-14/h4-9,11,19H,10H2,1-3H3. The molecule has 2 aromatic rings. The first kappa shape index (κ1) is 14.5. The highest BCUT2D eigenvalue weighted by molar-refractivity contribution is 5.32. The molecular formula is C16H19FN2O. The Labute approximate surface area is 118 Å². The summed E-state index contributed by atoms with van der Waals surface area (Å²) in [6, 6.07) is 9.41. The molecule has 0 saturated heterocycles. The molecule has 0 atom stereocenters. The molecule has 0 aliphatic rings. The zero-order valence-electron chi connectivity index (χ0n) is 12.0. The van der Waals surface area contributed by atoms with Crippen LogP contribution in [0.4, 0.5) is 4.39 Å². The molecule has 1 heterocycles. The molecule has 0 bridgehead atoms. The summed E-state index contributed by atoms with van der Waals surface area (Å²) in [5, 5.41) is 3.18. The zero-order chi connectivity index (χ0) is 14.5. The molecule has 0 spiro atoms. The van der Waals surface area contributed by atoms with E-state index < -0.39 is 5.82 Å². The van der Waals surface area contributed by atoms with Crippen LogP contribution in [0.15, 0.2) is 36.5 Å². The van der Waals surface area contributed by atoms with Crippen molar-refractivity contribution in [3.63, 3.8) is 0 Å². The van der Waals surface area contributed by atoms with E-state index in [1.165, 1.54) is 0 Å². The maximum Gasteiger partial charge on any atom is 0.256 e. The number of rotatable bonds is 5. The third-order valence-electron chi connectivity index (χ3n) is 2.84. The summed E-state index contributed by atoms with van der Waals surface area (Å²) in [6.07, 6.45) is 1.56. The number of ether oxygens (including phenoxy) is 1. The first-order chi connectivity index (χ1) is 9.56. The van der Waals surface area contributed by atoms with Crippen LogP contribution in [0.1, 0.15) is 25.0 Å². The Morgan fingerprint density at radius 2 is 2.10 bits per heavy atom. The van der Waals surface area contributed by atoms with Crippen molar-refractivity contribution in [2.75, 3.05) is 0 Å². The molecule has 0 radical (unpaired) electrons. The Hall–Kier alpha value is -1.94. The molecule has 2 rings (SSSR count). The summed E-state index contributed by atoms with van der Waals surface area (Å²) < 4.78 is 19.8. The Kier molecular flexibility index (Phi) is 4.69. The predicted molar refractivity (Wildman–Crippen MR) is 77.4 cm³/mol. The fraction of sp³-hybridized carbons (Fsp3) is 0.312. The van der Waals surface area contributed by atoms with Crippen molar-refractivity contribution in [1.82, 2.24) is 10.3 Å². The van der Waals surface area contributed by atoms with Gasteiger partial charge in [-0.1, -0.05) is 26.0 Å². The number of pyridine rings is 1. The van der Waals surface area contributed by atoms with Gasteiger partial charge in [-0.25, -0.2) is 9.37 Å². The van der Waals surface area contributed by atoms with Gasteiger partial charge < -0.3 is 10.1 Å². The number of nitrogens with zero attached hydrogens (tertiary/aromatic N) is 1. The van der Waals surface area contributed by atoms with Gasteiger partial charge in [0.15, 0.2) is 5.82 Å². The van der Waals surface area contributed by atoms with E-state index in [0.29, 0.717) is 23.9 Å². The molecule has 0 amide bonds. The maximum atomic E-state index is 14.3. The van der Waals surface area contributed by atoms with Gasteiger partial charge in [0.1, 0.15) is 5.75 Å². The summed E-state index contributed by atoms with van der Waals surface area (Å²) in [6.45, 7) is 6.45. The predicted octanol–water partition coefficient (Wildman–Crippen LogP) is 3.82. The fourth-order valence-electron chi connectivity index (χ4n) is 1.77. The van der Waals surface area contributed by atoms with Gasteiger partial charge in [0.2, 0.25) is 0 Å². The van der Waals surface area contributed by atoms with Crippen molar-refractivity contribution in [3.8, 4) is 11.6 Å². The smallest absolute Gasteiger partial charge is 0.256 e. The van der Waals surface area contributed by atoms with Crippen LogP contribution < -0.4 is 10.1 Å². The number of aryl methyl sites for hydroxylation is 1. The van der Waals surface area contributed by atoms with Crippen LogP contribution in [-0.4, -0.2) is 11.0 Å². The molecule has 0 aliphatic carbocycles. The highest BCUT2D eigenvalue weighted by Gasteiger charge is 2.12. The molecule has 0 saturated carbocycles. The van der Waals surface area contributed by atoms with E-state index in [2.05, 4.69) is 10.3 Å². The summed E-state index contributed by atoms with van der Waals surface area (Å²) in [5.74, 6) is 0.186. The van der Waals surface area contributed by atoms with E-state index in [9.17, 15) is 4.39 Å². The van der Waals surface area contributed by atoms with Crippen LogP contribution in [-0.2, 0) is 6.54 Å². The number of hydrogen-bond donors (Lipinski definition) is 1. The Bertz CT molecular complexity index is 584. The fourth-order valence-corrected chi connectivity index (χ4v) is 1.77.